The summed E-state index contributed by atoms with van der Waals surface area (Å²) in [5.41, 5.74) is 4.70. The van der Waals surface area contributed by atoms with Crippen LogP contribution in [0, 0.1) is 11.3 Å². The molecule has 1 rings (SSSR count). The molecule has 0 aromatic heterocycles. The van der Waals surface area contributed by atoms with Crippen molar-refractivity contribution in [1.29, 1.82) is 0 Å². The van der Waals surface area contributed by atoms with Crippen molar-refractivity contribution in [2.45, 2.75) is 60.4 Å². The molecule has 30 heavy (non-hydrogen) atoms. The van der Waals surface area contributed by atoms with Crippen LogP contribution in [-0.4, -0.2) is 31.7 Å². The molecule has 2 atom stereocenters. The Morgan fingerprint density at radius 2 is 1.57 bits per heavy atom. The zero-order chi connectivity index (χ0) is 22.7. The first kappa shape index (κ1) is 26.1. The van der Waals surface area contributed by atoms with Crippen LogP contribution in [0.3, 0.4) is 0 Å². The molecule has 2 unspecified atom stereocenters. The maximum atomic E-state index is 9.98. The van der Waals surface area contributed by atoms with Gasteiger partial charge in [0.1, 0.15) is 0 Å². The average molecular weight is 413 g/mol. The topological polar surface area (TPSA) is 38.7 Å². The highest BCUT2D eigenvalue weighted by Gasteiger charge is 2.34. The van der Waals surface area contributed by atoms with Crippen LogP contribution in [0.1, 0.15) is 48.0 Å². The molecule has 0 amide bonds. The van der Waals surface area contributed by atoms with Crippen molar-refractivity contribution >= 4 is 0 Å². The molecule has 166 valence electrons. The standard InChI is InChI=1S/C27H40O3/c1-20(12-9-10-15-22(3)26(29-7)30-8)13-11-14-21(2)16-17-25-23(4)18-24(28)19-27(25,5)6/h9-18,24-26,28H,19H2,1-8H3/b10-9+,13-11+,17-16?,20-12+,21-14+,22-15+. The summed E-state index contributed by atoms with van der Waals surface area (Å²) < 4.78 is 10.4. The van der Waals surface area contributed by atoms with Gasteiger partial charge in [0, 0.05) is 20.1 Å². The summed E-state index contributed by atoms with van der Waals surface area (Å²) in [6, 6.07) is 0. The molecule has 0 radical (unpaired) electrons. The van der Waals surface area contributed by atoms with Crippen molar-refractivity contribution in [2.24, 2.45) is 11.3 Å². The van der Waals surface area contributed by atoms with Crippen LogP contribution in [0.15, 0.2) is 83.1 Å². The van der Waals surface area contributed by atoms with Crippen molar-refractivity contribution in [3.63, 3.8) is 0 Å². The molecule has 0 bridgehead atoms. The van der Waals surface area contributed by atoms with Gasteiger partial charge in [0.2, 0.25) is 0 Å². The van der Waals surface area contributed by atoms with E-state index >= 15 is 0 Å². The third kappa shape index (κ3) is 8.83. The van der Waals surface area contributed by atoms with Gasteiger partial charge in [0.15, 0.2) is 6.29 Å². The van der Waals surface area contributed by atoms with Gasteiger partial charge in [-0.3, -0.25) is 0 Å². The Hall–Kier alpha value is -1.94. The Kier molecular flexibility index (Phi) is 11.0. The van der Waals surface area contributed by atoms with E-state index in [0.717, 1.165) is 12.0 Å². The zero-order valence-corrected chi connectivity index (χ0v) is 20.0. The van der Waals surface area contributed by atoms with Crippen LogP contribution < -0.4 is 0 Å². The lowest BCUT2D eigenvalue weighted by atomic mass is 9.67. The van der Waals surface area contributed by atoms with Crippen LogP contribution >= 0.6 is 0 Å². The summed E-state index contributed by atoms with van der Waals surface area (Å²) in [5, 5.41) is 9.98. The lowest BCUT2D eigenvalue weighted by molar-refractivity contribution is -0.0746. The average Bonchev–Trinajstić information content (AvgIpc) is 2.64. The molecule has 1 aliphatic rings. The number of allylic oxidation sites excluding steroid dienone is 12. The minimum Gasteiger partial charge on any atom is -0.389 e. The van der Waals surface area contributed by atoms with Gasteiger partial charge in [-0.15, -0.1) is 0 Å². The number of hydrogen-bond donors (Lipinski definition) is 1. The Morgan fingerprint density at radius 1 is 1.00 bits per heavy atom. The van der Waals surface area contributed by atoms with Gasteiger partial charge in [0.05, 0.1) is 6.10 Å². The molecule has 0 saturated carbocycles. The smallest absolute Gasteiger partial charge is 0.179 e. The second-order valence-electron chi connectivity index (χ2n) is 8.79. The highest BCUT2D eigenvalue weighted by molar-refractivity contribution is 5.31. The molecule has 0 fully saturated rings. The number of rotatable bonds is 9. The minimum absolute atomic E-state index is 0.0653. The van der Waals surface area contributed by atoms with Crippen LogP contribution in [0.2, 0.25) is 0 Å². The van der Waals surface area contributed by atoms with Gasteiger partial charge in [-0.1, -0.05) is 91.3 Å². The van der Waals surface area contributed by atoms with E-state index in [0.29, 0.717) is 5.92 Å². The van der Waals surface area contributed by atoms with Crippen LogP contribution in [0.4, 0.5) is 0 Å². The van der Waals surface area contributed by atoms with Gasteiger partial charge in [-0.25, -0.2) is 0 Å². The number of ether oxygens (including phenoxy) is 2. The predicted molar refractivity (Wildman–Crippen MR) is 128 cm³/mol. The van der Waals surface area contributed by atoms with E-state index < -0.39 is 0 Å². The molecular weight excluding hydrogens is 372 g/mol. The van der Waals surface area contributed by atoms with E-state index in [1.165, 1.54) is 16.7 Å². The fourth-order valence-electron chi connectivity index (χ4n) is 3.83. The first-order valence-corrected chi connectivity index (χ1v) is 10.6. The fraction of sp³-hybridized carbons (Fsp3) is 0.481. The second-order valence-corrected chi connectivity index (χ2v) is 8.79. The van der Waals surface area contributed by atoms with Gasteiger partial charge < -0.3 is 14.6 Å². The molecule has 0 aromatic carbocycles. The van der Waals surface area contributed by atoms with E-state index in [4.69, 9.17) is 9.47 Å². The lowest BCUT2D eigenvalue weighted by Gasteiger charge is -2.38. The summed E-state index contributed by atoms with van der Waals surface area (Å²) in [7, 11) is 3.26. The molecule has 0 heterocycles. The monoisotopic (exact) mass is 412 g/mol. The van der Waals surface area contributed by atoms with Crippen LogP contribution in [0.25, 0.3) is 0 Å². The largest absolute Gasteiger partial charge is 0.389 e. The number of methoxy groups -OCH3 is 2. The maximum Gasteiger partial charge on any atom is 0.179 e. The van der Waals surface area contributed by atoms with Gasteiger partial charge in [-0.05, 0) is 45.1 Å². The van der Waals surface area contributed by atoms with E-state index in [1.54, 1.807) is 14.2 Å². The van der Waals surface area contributed by atoms with Gasteiger partial charge in [-0.2, -0.15) is 0 Å². The summed E-state index contributed by atoms with van der Waals surface area (Å²) in [6.45, 7) is 12.7. The van der Waals surface area contributed by atoms with E-state index in [-0.39, 0.29) is 17.8 Å². The van der Waals surface area contributed by atoms with Crippen molar-refractivity contribution in [1.82, 2.24) is 0 Å². The highest BCUT2D eigenvalue weighted by Crippen LogP contribution is 2.41. The first-order valence-electron chi connectivity index (χ1n) is 10.6. The van der Waals surface area contributed by atoms with Crippen molar-refractivity contribution in [2.75, 3.05) is 14.2 Å². The molecule has 0 aliphatic heterocycles. The summed E-state index contributed by atoms with van der Waals surface area (Å²) in [4.78, 5) is 0. The Morgan fingerprint density at radius 3 is 2.17 bits per heavy atom. The van der Waals surface area contributed by atoms with E-state index in [2.05, 4.69) is 71.1 Å². The summed E-state index contributed by atoms with van der Waals surface area (Å²) in [5.74, 6) is 0.354. The second kappa shape index (κ2) is 12.7. The SMILES string of the molecule is COC(OC)/C(C)=C/C=C/C=C(C)/C=C/C=C(\C)C=CC1C(C)=CC(O)CC1(C)C. The maximum absolute atomic E-state index is 9.98. The minimum atomic E-state index is -0.325. The van der Waals surface area contributed by atoms with E-state index in [9.17, 15) is 5.11 Å². The fourth-order valence-corrected chi connectivity index (χ4v) is 3.83. The third-order valence-corrected chi connectivity index (χ3v) is 5.42. The van der Waals surface area contributed by atoms with Crippen LogP contribution in [-0.2, 0) is 9.47 Å². The zero-order valence-electron chi connectivity index (χ0n) is 20.0. The van der Waals surface area contributed by atoms with E-state index in [1.807, 2.05) is 31.2 Å². The Bertz CT molecular complexity index is 753. The van der Waals surface area contributed by atoms with Crippen molar-refractivity contribution in [3.05, 3.63) is 83.1 Å². The number of aliphatic hydroxyl groups excluding tert-OH is 1. The normalized spacial score (nSPS) is 23.9. The molecule has 3 heteroatoms. The first-order chi connectivity index (χ1) is 14.1. The summed E-state index contributed by atoms with van der Waals surface area (Å²) >= 11 is 0. The molecule has 1 N–H and O–H groups in total. The highest BCUT2D eigenvalue weighted by atomic mass is 16.7. The lowest BCUT2D eigenvalue weighted by Crippen LogP contribution is -2.32. The number of hydrogen-bond acceptors (Lipinski definition) is 3. The predicted octanol–water partition coefficient (Wildman–Crippen LogP) is 6.47. The van der Waals surface area contributed by atoms with Crippen molar-refractivity contribution < 1.29 is 14.6 Å². The third-order valence-electron chi connectivity index (χ3n) is 5.42. The molecule has 3 nitrogen and oxygen atoms in total. The Labute approximate surface area is 183 Å². The molecule has 1 aliphatic carbocycles. The summed E-state index contributed by atoms with van der Waals surface area (Å²) in [6.07, 6.45) is 20.9. The van der Waals surface area contributed by atoms with Crippen LogP contribution in [0.5, 0.6) is 0 Å². The molecule has 0 aromatic rings. The van der Waals surface area contributed by atoms with Gasteiger partial charge >= 0.3 is 0 Å². The number of aliphatic hydroxyl groups is 1. The molecular formula is C27H40O3. The molecule has 0 spiro atoms. The van der Waals surface area contributed by atoms with Gasteiger partial charge in [0.25, 0.3) is 0 Å². The molecule has 0 saturated heterocycles. The quantitative estimate of drug-likeness (QED) is 0.268. The Balaban J connectivity index is 2.69. The van der Waals surface area contributed by atoms with Crippen molar-refractivity contribution in [3.8, 4) is 0 Å².